The maximum absolute atomic E-state index is 10.6. The Morgan fingerprint density at radius 3 is 2.63 bits per heavy atom. The number of nitrogens with zero attached hydrogens (tertiary/aromatic N) is 3. The molecule has 0 fully saturated rings. The van der Waals surface area contributed by atoms with E-state index in [4.69, 9.17) is 5.73 Å². The molecule has 0 atom stereocenters. The van der Waals surface area contributed by atoms with Gasteiger partial charge in [-0.1, -0.05) is 0 Å². The molecule has 7 heteroatoms. The number of fused-ring (bicyclic) bond motifs is 1. The van der Waals surface area contributed by atoms with E-state index in [1.54, 1.807) is 18.3 Å². The molecule has 2 heterocycles. The number of aromatic amines is 1. The Morgan fingerprint density at radius 1 is 1.21 bits per heavy atom. The van der Waals surface area contributed by atoms with Crippen LogP contribution in [0.5, 0.6) is 0 Å². The fourth-order valence-corrected chi connectivity index (χ4v) is 1.98. The van der Waals surface area contributed by atoms with Crippen molar-refractivity contribution in [2.45, 2.75) is 0 Å². The van der Waals surface area contributed by atoms with Gasteiger partial charge in [0.25, 0.3) is 5.69 Å². The number of anilines is 1. The fraction of sp³-hybridized carbons (Fsp3) is 0. The van der Waals surface area contributed by atoms with Gasteiger partial charge in [-0.05, 0) is 17.7 Å². The Labute approximate surface area is 107 Å². The highest BCUT2D eigenvalue weighted by Gasteiger charge is 2.12. The summed E-state index contributed by atoms with van der Waals surface area (Å²) in [7, 11) is 0. The van der Waals surface area contributed by atoms with Crippen molar-refractivity contribution in [1.82, 2.24) is 15.0 Å². The predicted molar refractivity (Wildman–Crippen MR) is 70.4 cm³/mol. The maximum Gasteiger partial charge on any atom is 0.269 e. The molecule has 3 rings (SSSR count). The van der Waals surface area contributed by atoms with Crippen LogP contribution in [0.15, 0.2) is 36.8 Å². The largest absolute Gasteiger partial charge is 0.383 e. The Morgan fingerprint density at radius 2 is 1.95 bits per heavy atom. The summed E-state index contributed by atoms with van der Waals surface area (Å²) >= 11 is 0. The zero-order chi connectivity index (χ0) is 13.4. The van der Waals surface area contributed by atoms with Crippen molar-refractivity contribution in [2.24, 2.45) is 0 Å². The van der Waals surface area contributed by atoms with E-state index in [1.807, 2.05) is 0 Å². The number of nitrogens with two attached hydrogens (primary N) is 1. The minimum absolute atomic E-state index is 0.0489. The van der Waals surface area contributed by atoms with Crippen LogP contribution < -0.4 is 5.73 Å². The van der Waals surface area contributed by atoms with Gasteiger partial charge in [0.05, 0.1) is 10.3 Å². The van der Waals surface area contributed by atoms with Crippen molar-refractivity contribution >= 4 is 22.5 Å². The van der Waals surface area contributed by atoms with Gasteiger partial charge >= 0.3 is 0 Å². The normalized spacial score (nSPS) is 10.7. The van der Waals surface area contributed by atoms with Crippen LogP contribution in [0.4, 0.5) is 11.5 Å². The number of aromatic nitrogens is 3. The van der Waals surface area contributed by atoms with Gasteiger partial charge in [0.1, 0.15) is 17.8 Å². The van der Waals surface area contributed by atoms with Crippen molar-refractivity contribution in [3.8, 4) is 11.1 Å². The molecule has 0 radical (unpaired) electrons. The molecule has 0 aliphatic carbocycles. The molecule has 94 valence electrons. The zero-order valence-electron chi connectivity index (χ0n) is 9.70. The number of H-pyrrole nitrogens is 1. The molecule has 0 spiro atoms. The molecule has 0 aliphatic rings. The van der Waals surface area contributed by atoms with E-state index in [9.17, 15) is 10.1 Å². The summed E-state index contributed by atoms with van der Waals surface area (Å²) in [6.45, 7) is 0. The fourth-order valence-electron chi connectivity index (χ4n) is 1.98. The van der Waals surface area contributed by atoms with Gasteiger partial charge in [0.2, 0.25) is 0 Å². The molecule has 0 saturated heterocycles. The van der Waals surface area contributed by atoms with Crippen LogP contribution in [0, 0.1) is 10.1 Å². The van der Waals surface area contributed by atoms with Crippen molar-refractivity contribution in [3.05, 3.63) is 46.9 Å². The van der Waals surface area contributed by atoms with Crippen LogP contribution in [0.25, 0.3) is 22.2 Å². The first-order chi connectivity index (χ1) is 9.16. The molecular weight excluding hydrogens is 246 g/mol. The summed E-state index contributed by atoms with van der Waals surface area (Å²) in [6, 6.07) is 6.25. The van der Waals surface area contributed by atoms with Gasteiger partial charge in [0.15, 0.2) is 0 Å². The van der Waals surface area contributed by atoms with E-state index < -0.39 is 4.92 Å². The van der Waals surface area contributed by atoms with Crippen molar-refractivity contribution in [1.29, 1.82) is 0 Å². The van der Waals surface area contributed by atoms with Crippen molar-refractivity contribution in [3.63, 3.8) is 0 Å². The lowest BCUT2D eigenvalue weighted by molar-refractivity contribution is -0.384. The summed E-state index contributed by atoms with van der Waals surface area (Å²) in [5.41, 5.74) is 8.17. The summed E-state index contributed by atoms with van der Waals surface area (Å²) in [5, 5.41) is 11.3. The highest BCUT2D eigenvalue weighted by Crippen LogP contribution is 2.31. The van der Waals surface area contributed by atoms with Crippen LogP contribution in [0.2, 0.25) is 0 Å². The first-order valence-corrected chi connectivity index (χ1v) is 5.49. The third-order valence-corrected chi connectivity index (χ3v) is 2.89. The Bertz CT molecular complexity index is 763. The quantitative estimate of drug-likeness (QED) is 0.538. The number of nitro benzene ring substituents is 1. The Balaban J connectivity index is 2.16. The molecule has 0 aliphatic heterocycles. The predicted octanol–water partition coefficient (Wildman–Crippen LogP) is 2.12. The van der Waals surface area contributed by atoms with Gasteiger partial charge in [0, 0.05) is 23.9 Å². The highest BCUT2D eigenvalue weighted by atomic mass is 16.6. The Hall–Kier alpha value is -2.96. The van der Waals surface area contributed by atoms with E-state index >= 15 is 0 Å². The molecule has 19 heavy (non-hydrogen) atoms. The average Bonchev–Trinajstić information content (AvgIpc) is 2.84. The number of nitrogen functional groups attached to an aromatic ring is 1. The molecule has 3 N–H and O–H groups in total. The van der Waals surface area contributed by atoms with Crippen LogP contribution >= 0.6 is 0 Å². The molecule has 0 bridgehead atoms. The second kappa shape index (κ2) is 4.05. The standard InChI is InChI=1S/C12H9N5O2/c13-11-10-9(5-14-12(10)16-6-15-11)7-1-3-8(4-2-7)17(18)19/h1-6H,(H3,13,14,15,16). The smallest absolute Gasteiger partial charge is 0.269 e. The third kappa shape index (κ3) is 1.77. The van der Waals surface area contributed by atoms with Gasteiger partial charge in [-0.3, -0.25) is 10.1 Å². The van der Waals surface area contributed by atoms with Gasteiger partial charge in [-0.25, -0.2) is 9.97 Å². The minimum atomic E-state index is -0.434. The molecule has 0 amide bonds. The first kappa shape index (κ1) is 11.1. The molecule has 2 aromatic heterocycles. The zero-order valence-corrected chi connectivity index (χ0v) is 9.70. The van der Waals surface area contributed by atoms with E-state index in [-0.39, 0.29) is 5.69 Å². The monoisotopic (exact) mass is 255 g/mol. The summed E-state index contributed by atoms with van der Waals surface area (Å²) in [4.78, 5) is 21.2. The topological polar surface area (TPSA) is 111 Å². The minimum Gasteiger partial charge on any atom is -0.383 e. The van der Waals surface area contributed by atoms with E-state index in [0.717, 1.165) is 16.5 Å². The number of rotatable bonds is 2. The Kier molecular flexibility index (Phi) is 2.38. The number of nitrogens with one attached hydrogen (secondary N) is 1. The second-order valence-electron chi connectivity index (χ2n) is 3.99. The lowest BCUT2D eigenvalue weighted by Crippen LogP contribution is -1.92. The van der Waals surface area contributed by atoms with Gasteiger partial charge in [-0.15, -0.1) is 0 Å². The number of hydrogen-bond acceptors (Lipinski definition) is 5. The summed E-state index contributed by atoms with van der Waals surface area (Å²) in [6.07, 6.45) is 3.14. The first-order valence-electron chi connectivity index (χ1n) is 5.49. The summed E-state index contributed by atoms with van der Waals surface area (Å²) < 4.78 is 0. The molecule has 0 unspecified atom stereocenters. The lowest BCUT2D eigenvalue weighted by atomic mass is 10.1. The molecule has 0 saturated carbocycles. The highest BCUT2D eigenvalue weighted by molar-refractivity contribution is 6.00. The van der Waals surface area contributed by atoms with E-state index in [2.05, 4.69) is 15.0 Å². The van der Waals surface area contributed by atoms with Crippen molar-refractivity contribution < 1.29 is 4.92 Å². The maximum atomic E-state index is 10.6. The number of nitro groups is 1. The van der Waals surface area contributed by atoms with Crippen LogP contribution in [-0.4, -0.2) is 19.9 Å². The molecule has 7 nitrogen and oxygen atoms in total. The van der Waals surface area contributed by atoms with E-state index in [1.165, 1.54) is 18.5 Å². The number of non-ortho nitro benzene ring substituents is 1. The second-order valence-corrected chi connectivity index (χ2v) is 3.99. The third-order valence-electron chi connectivity index (χ3n) is 2.89. The average molecular weight is 255 g/mol. The summed E-state index contributed by atoms with van der Waals surface area (Å²) in [5.74, 6) is 0.375. The molecular formula is C12H9N5O2. The lowest BCUT2D eigenvalue weighted by Gasteiger charge is -2.01. The number of hydrogen-bond donors (Lipinski definition) is 2. The van der Waals surface area contributed by atoms with Gasteiger partial charge < -0.3 is 10.7 Å². The molecule has 1 aromatic carbocycles. The van der Waals surface area contributed by atoms with Crippen LogP contribution in [0.1, 0.15) is 0 Å². The van der Waals surface area contributed by atoms with Gasteiger partial charge in [-0.2, -0.15) is 0 Å². The van der Waals surface area contributed by atoms with E-state index in [0.29, 0.717) is 11.5 Å². The van der Waals surface area contributed by atoms with Crippen LogP contribution in [-0.2, 0) is 0 Å². The SMILES string of the molecule is Nc1ncnc2[nH]cc(-c3ccc([N+](=O)[O-])cc3)c12. The number of benzene rings is 1. The van der Waals surface area contributed by atoms with Crippen LogP contribution in [0.3, 0.4) is 0 Å². The molecule has 3 aromatic rings. The van der Waals surface area contributed by atoms with Crippen molar-refractivity contribution in [2.75, 3.05) is 5.73 Å².